The molecule has 0 radical (unpaired) electrons. The van der Waals surface area contributed by atoms with Gasteiger partial charge in [0.05, 0.1) is 6.54 Å². The Labute approximate surface area is 124 Å². The average molecular weight is 293 g/mol. The van der Waals surface area contributed by atoms with E-state index in [4.69, 9.17) is 0 Å². The van der Waals surface area contributed by atoms with Crippen LogP contribution in [0.3, 0.4) is 0 Å². The Morgan fingerprint density at radius 2 is 1.95 bits per heavy atom. The Hall–Kier alpha value is -2.05. The summed E-state index contributed by atoms with van der Waals surface area (Å²) in [6, 6.07) is 1.80. The minimum atomic E-state index is -0.0694. The van der Waals surface area contributed by atoms with E-state index in [1.165, 1.54) is 0 Å². The van der Waals surface area contributed by atoms with E-state index in [-0.39, 0.29) is 18.0 Å². The summed E-state index contributed by atoms with van der Waals surface area (Å²) in [5.41, 5.74) is 0. The smallest absolute Gasteiger partial charge is 0.317 e. The van der Waals surface area contributed by atoms with E-state index in [0.717, 1.165) is 13.0 Å². The summed E-state index contributed by atoms with van der Waals surface area (Å²) in [7, 11) is 0. The largest absolute Gasteiger partial charge is 0.341 e. The SMILES string of the molecule is CC(=O)N1CCCN(C(=O)N[C@H](C)Cn2cccn2)CC1. The predicted molar refractivity (Wildman–Crippen MR) is 78.7 cm³/mol. The Morgan fingerprint density at radius 1 is 1.24 bits per heavy atom. The van der Waals surface area contributed by atoms with Gasteiger partial charge in [0.1, 0.15) is 0 Å². The lowest BCUT2D eigenvalue weighted by Crippen LogP contribution is -2.46. The number of amides is 3. The van der Waals surface area contributed by atoms with E-state index < -0.39 is 0 Å². The molecule has 0 aliphatic carbocycles. The van der Waals surface area contributed by atoms with Crippen LogP contribution in [0.5, 0.6) is 0 Å². The van der Waals surface area contributed by atoms with Crippen molar-refractivity contribution in [3.05, 3.63) is 18.5 Å². The first-order chi connectivity index (χ1) is 10.1. The highest BCUT2D eigenvalue weighted by atomic mass is 16.2. The topological polar surface area (TPSA) is 70.5 Å². The molecule has 1 saturated heterocycles. The van der Waals surface area contributed by atoms with Crippen LogP contribution in [0, 0.1) is 0 Å². The van der Waals surface area contributed by atoms with Crippen LogP contribution in [0.15, 0.2) is 18.5 Å². The van der Waals surface area contributed by atoms with Crippen molar-refractivity contribution in [2.24, 2.45) is 0 Å². The normalized spacial score (nSPS) is 17.2. The fourth-order valence-corrected chi connectivity index (χ4v) is 2.47. The van der Waals surface area contributed by atoms with Gasteiger partial charge in [-0.3, -0.25) is 9.48 Å². The molecule has 7 heteroatoms. The summed E-state index contributed by atoms with van der Waals surface area (Å²) in [6.07, 6.45) is 4.42. The Morgan fingerprint density at radius 3 is 2.62 bits per heavy atom. The third-order valence-electron chi connectivity index (χ3n) is 3.62. The zero-order valence-electron chi connectivity index (χ0n) is 12.7. The van der Waals surface area contributed by atoms with Gasteiger partial charge in [0.25, 0.3) is 0 Å². The maximum Gasteiger partial charge on any atom is 0.317 e. The lowest BCUT2D eigenvalue weighted by Gasteiger charge is -2.24. The highest BCUT2D eigenvalue weighted by Gasteiger charge is 2.21. The fraction of sp³-hybridized carbons (Fsp3) is 0.643. The number of rotatable bonds is 3. The lowest BCUT2D eigenvalue weighted by atomic mass is 10.3. The van der Waals surface area contributed by atoms with Crippen LogP contribution >= 0.6 is 0 Å². The van der Waals surface area contributed by atoms with Crippen molar-refractivity contribution in [1.29, 1.82) is 0 Å². The van der Waals surface area contributed by atoms with Crippen LogP contribution in [0.4, 0.5) is 4.79 Å². The third kappa shape index (κ3) is 4.47. The zero-order valence-corrected chi connectivity index (χ0v) is 12.7. The van der Waals surface area contributed by atoms with Gasteiger partial charge in [0.15, 0.2) is 0 Å². The summed E-state index contributed by atoms with van der Waals surface area (Å²) in [4.78, 5) is 27.2. The molecule has 3 amide bonds. The van der Waals surface area contributed by atoms with Gasteiger partial charge in [-0.05, 0) is 19.4 Å². The van der Waals surface area contributed by atoms with E-state index in [1.54, 1.807) is 27.6 Å². The molecule has 1 fully saturated rings. The van der Waals surface area contributed by atoms with Gasteiger partial charge < -0.3 is 15.1 Å². The molecule has 0 saturated carbocycles. The molecule has 2 heterocycles. The minimum Gasteiger partial charge on any atom is -0.341 e. The van der Waals surface area contributed by atoms with Crippen molar-refractivity contribution in [3.8, 4) is 0 Å². The molecular weight excluding hydrogens is 270 g/mol. The molecule has 0 unspecified atom stereocenters. The quantitative estimate of drug-likeness (QED) is 0.884. The number of hydrogen-bond donors (Lipinski definition) is 1. The van der Waals surface area contributed by atoms with Crippen LogP contribution < -0.4 is 5.32 Å². The molecule has 1 aliphatic rings. The molecule has 7 nitrogen and oxygen atoms in total. The highest BCUT2D eigenvalue weighted by molar-refractivity contribution is 5.75. The van der Waals surface area contributed by atoms with Gasteiger partial charge in [0.2, 0.25) is 5.91 Å². The summed E-state index contributed by atoms with van der Waals surface area (Å²) in [6.45, 7) is 6.77. The van der Waals surface area contributed by atoms with Gasteiger partial charge in [-0.2, -0.15) is 5.10 Å². The molecular formula is C14H23N5O2. The monoisotopic (exact) mass is 293 g/mol. The second-order valence-corrected chi connectivity index (χ2v) is 5.43. The number of hydrogen-bond acceptors (Lipinski definition) is 3. The van der Waals surface area contributed by atoms with Crippen molar-refractivity contribution in [2.45, 2.75) is 32.9 Å². The first kappa shape index (κ1) is 15.3. The van der Waals surface area contributed by atoms with Crippen molar-refractivity contribution in [2.75, 3.05) is 26.2 Å². The number of urea groups is 1. The van der Waals surface area contributed by atoms with E-state index in [9.17, 15) is 9.59 Å². The molecule has 1 atom stereocenters. The van der Waals surface area contributed by atoms with Crippen LogP contribution in [-0.2, 0) is 11.3 Å². The number of carbonyl (C=O) groups is 2. The van der Waals surface area contributed by atoms with Gasteiger partial charge in [-0.15, -0.1) is 0 Å². The van der Waals surface area contributed by atoms with Gasteiger partial charge in [-0.25, -0.2) is 4.79 Å². The molecule has 1 aliphatic heterocycles. The third-order valence-corrected chi connectivity index (χ3v) is 3.62. The van der Waals surface area contributed by atoms with Crippen LogP contribution in [0.2, 0.25) is 0 Å². The standard InChI is InChI=1S/C14H23N5O2/c1-12(11-19-8-3-5-15-19)16-14(21)18-7-4-6-17(9-10-18)13(2)20/h3,5,8,12H,4,6-7,9-11H2,1-2H3,(H,16,21)/t12-/m1/s1. The minimum absolute atomic E-state index is 0.00423. The lowest BCUT2D eigenvalue weighted by molar-refractivity contribution is -0.128. The van der Waals surface area contributed by atoms with Crippen molar-refractivity contribution < 1.29 is 9.59 Å². The van der Waals surface area contributed by atoms with E-state index in [2.05, 4.69) is 10.4 Å². The Kier molecular flexibility index (Phi) is 5.19. The highest BCUT2D eigenvalue weighted by Crippen LogP contribution is 2.04. The van der Waals surface area contributed by atoms with Gasteiger partial charge in [-0.1, -0.05) is 0 Å². The number of carbonyl (C=O) groups excluding carboxylic acids is 2. The maximum absolute atomic E-state index is 12.2. The van der Waals surface area contributed by atoms with Gasteiger partial charge >= 0.3 is 6.03 Å². The molecule has 1 aromatic rings. The summed E-state index contributed by atoms with van der Waals surface area (Å²) in [5, 5.41) is 7.11. The number of nitrogens with one attached hydrogen (secondary N) is 1. The van der Waals surface area contributed by atoms with Gasteiger partial charge in [0, 0.05) is 51.5 Å². The first-order valence-corrected chi connectivity index (χ1v) is 7.34. The number of nitrogens with zero attached hydrogens (tertiary/aromatic N) is 4. The van der Waals surface area contributed by atoms with Crippen LogP contribution in [0.1, 0.15) is 20.3 Å². The van der Waals surface area contributed by atoms with E-state index in [0.29, 0.717) is 26.2 Å². The fourth-order valence-electron chi connectivity index (χ4n) is 2.47. The molecule has 0 aromatic carbocycles. The summed E-state index contributed by atoms with van der Waals surface area (Å²) in [5.74, 6) is 0.0734. The van der Waals surface area contributed by atoms with E-state index >= 15 is 0 Å². The first-order valence-electron chi connectivity index (χ1n) is 7.34. The molecule has 2 rings (SSSR count). The molecule has 1 aromatic heterocycles. The van der Waals surface area contributed by atoms with Crippen molar-refractivity contribution in [1.82, 2.24) is 24.9 Å². The second kappa shape index (κ2) is 7.10. The predicted octanol–water partition coefficient (Wildman–Crippen LogP) is 0.535. The maximum atomic E-state index is 12.2. The molecule has 116 valence electrons. The summed E-state index contributed by atoms with van der Waals surface area (Å²) < 4.78 is 1.80. The van der Waals surface area contributed by atoms with Crippen molar-refractivity contribution in [3.63, 3.8) is 0 Å². The zero-order chi connectivity index (χ0) is 15.2. The Balaban J connectivity index is 1.81. The van der Waals surface area contributed by atoms with Crippen molar-refractivity contribution >= 4 is 11.9 Å². The second-order valence-electron chi connectivity index (χ2n) is 5.43. The number of aromatic nitrogens is 2. The van der Waals surface area contributed by atoms with E-state index in [1.807, 2.05) is 19.2 Å². The Bertz CT molecular complexity index is 474. The summed E-state index contributed by atoms with van der Waals surface area (Å²) >= 11 is 0. The molecule has 21 heavy (non-hydrogen) atoms. The average Bonchev–Trinajstić information content (AvgIpc) is 2.79. The molecule has 0 bridgehead atoms. The van der Waals surface area contributed by atoms with Crippen LogP contribution in [-0.4, -0.2) is 63.7 Å². The molecule has 1 N–H and O–H groups in total. The molecule has 0 spiro atoms. The van der Waals surface area contributed by atoms with Crippen LogP contribution in [0.25, 0.3) is 0 Å².